The average molecular weight is 261 g/mol. The normalized spacial score (nSPS) is 10.3. The van der Waals surface area contributed by atoms with Crippen LogP contribution in [0.15, 0.2) is 24.5 Å². The summed E-state index contributed by atoms with van der Waals surface area (Å²) in [6.45, 7) is 2.76. The van der Waals surface area contributed by atoms with Crippen molar-refractivity contribution in [3.05, 3.63) is 35.7 Å². The Balaban J connectivity index is 2.15. The van der Waals surface area contributed by atoms with E-state index in [0.717, 1.165) is 34.9 Å². The fourth-order valence-electron chi connectivity index (χ4n) is 1.93. The summed E-state index contributed by atoms with van der Waals surface area (Å²) in [5, 5.41) is 7.52. The van der Waals surface area contributed by atoms with Gasteiger partial charge in [-0.1, -0.05) is 0 Å². The van der Waals surface area contributed by atoms with Crippen LogP contribution in [0.2, 0.25) is 0 Å². The second-order valence-electron chi connectivity index (χ2n) is 4.40. The van der Waals surface area contributed by atoms with Crippen LogP contribution in [0, 0.1) is 6.92 Å². The molecule has 0 aliphatic rings. The van der Waals surface area contributed by atoms with Gasteiger partial charge in [-0.05, 0) is 18.6 Å². The van der Waals surface area contributed by atoms with E-state index < -0.39 is 0 Å². The van der Waals surface area contributed by atoms with Gasteiger partial charge < -0.3 is 14.8 Å². The minimum absolute atomic E-state index is 0.724. The number of nitrogens with zero attached hydrogens (tertiary/aromatic N) is 2. The topological polar surface area (TPSA) is 48.3 Å². The number of aryl methyl sites for hydroxylation is 2. The highest BCUT2D eigenvalue weighted by atomic mass is 16.5. The minimum Gasteiger partial charge on any atom is -0.493 e. The molecular weight excluding hydrogens is 242 g/mol. The van der Waals surface area contributed by atoms with Gasteiger partial charge in [0.25, 0.3) is 0 Å². The van der Waals surface area contributed by atoms with Crippen LogP contribution in [0.4, 0.5) is 5.69 Å². The highest BCUT2D eigenvalue weighted by Gasteiger charge is 2.08. The third-order valence-electron chi connectivity index (χ3n) is 2.97. The molecule has 0 aliphatic carbocycles. The Bertz CT molecular complexity index is 564. The van der Waals surface area contributed by atoms with Crippen molar-refractivity contribution in [1.82, 2.24) is 9.78 Å². The van der Waals surface area contributed by atoms with E-state index in [-0.39, 0.29) is 0 Å². The number of hydrogen-bond donors (Lipinski definition) is 1. The Kier molecular flexibility index (Phi) is 3.94. The van der Waals surface area contributed by atoms with Crippen LogP contribution >= 0.6 is 0 Å². The lowest BCUT2D eigenvalue weighted by Gasteiger charge is -2.13. The molecule has 1 heterocycles. The van der Waals surface area contributed by atoms with Crippen LogP contribution in [0.25, 0.3) is 0 Å². The van der Waals surface area contributed by atoms with Crippen LogP contribution in [-0.2, 0) is 13.6 Å². The number of aromatic nitrogens is 2. The van der Waals surface area contributed by atoms with Gasteiger partial charge in [0.15, 0.2) is 11.5 Å². The van der Waals surface area contributed by atoms with E-state index in [1.54, 1.807) is 18.9 Å². The Morgan fingerprint density at radius 2 is 1.89 bits per heavy atom. The molecule has 0 radical (unpaired) electrons. The van der Waals surface area contributed by atoms with Crippen molar-refractivity contribution < 1.29 is 9.47 Å². The van der Waals surface area contributed by atoms with Crippen molar-refractivity contribution in [3.8, 4) is 11.5 Å². The molecule has 102 valence electrons. The number of hydrogen-bond acceptors (Lipinski definition) is 4. The van der Waals surface area contributed by atoms with Crippen LogP contribution < -0.4 is 14.8 Å². The second-order valence-corrected chi connectivity index (χ2v) is 4.40. The SMILES string of the molecule is COc1cc(C)c(NCc2cnn(C)c2)cc1OC. The van der Waals surface area contributed by atoms with Crippen LogP contribution in [-0.4, -0.2) is 24.0 Å². The zero-order chi connectivity index (χ0) is 13.8. The summed E-state index contributed by atoms with van der Waals surface area (Å²) in [4.78, 5) is 0. The van der Waals surface area contributed by atoms with Gasteiger partial charge in [0, 0.05) is 37.1 Å². The van der Waals surface area contributed by atoms with Crippen LogP contribution in [0.1, 0.15) is 11.1 Å². The molecule has 0 bridgehead atoms. The van der Waals surface area contributed by atoms with E-state index in [4.69, 9.17) is 9.47 Å². The van der Waals surface area contributed by atoms with Gasteiger partial charge >= 0.3 is 0 Å². The third kappa shape index (κ3) is 2.99. The molecule has 0 saturated heterocycles. The molecule has 0 atom stereocenters. The maximum Gasteiger partial charge on any atom is 0.162 e. The van der Waals surface area contributed by atoms with E-state index in [2.05, 4.69) is 10.4 Å². The van der Waals surface area contributed by atoms with E-state index in [1.807, 2.05) is 38.5 Å². The summed E-state index contributed by atoms with van der Waals surface area (Å²) >= 11 is 0. The first kappa shape index (κ1) is 13.3. The lowest BCUT2D eigenvalue weighted by atomic mass is 10.1. The molecule has 2 aromatic rings. The highest BCUT2D eigenvalue weighted by Crippen LogP contribution is 2.33. The summed E-state index contributed by atoms with van der Waals surface area (Å²) in [7, 11) is 5.18. The molecular formula is C14H19N3O2. The molecule has 5 nitrogen and oxygen atoms in total. The molecule has 0 saturated carbocycles. The molecule has 5 heteroatoms. The Morgan fingerprint density at radius 1 is 1.21 bits per heavy atom. The zero-order valence-corrected chi connectivity index (χ0v) is 11.7. The van der Waals surface area contributed by atoms with E-state index in [0.29, 0.717) is 0 Å². The van der Waals surface area contributed by atoms with Crippen molar-refractivity contribution in [3.63, 3.8) is 0 Å². The first-order valence-electron chi connectivity index (χ1n) is 6.08. The number of benzene rings is 1. The number of rotatable bonds is 5. The van der Waals surface area contributed by atoms with Gasteiger partial charge in [-0.15, -0.1) is 0 Å². The molecule has 1 N–H and O–H groups in total. The Morgan fingerprint density at radius 3 is 2.47 bits per heavy atom. The maximum absolute atomic E-state index is 5.31. The first-order valence-corrected chi connectivity index (χ1v) is 6.08. The van der Waals surface area contributed by atoms with Gasteiger partial charge in [0.1, 0.15) is 0 Å². The van der Waals surface area contributed by atoms with Crippen LogP contribution in [0.3, 0.4) is 0 Å². The lowest BCUT2D eigenvalue weighted by Crippen LogP contribution is -2.02. The number of anilines is 1. The number of methoxy groups -OCH3 is 2. The largest absolute Gasteiger partial charge is 0.493 e. The summed E-state index contributed by atoms with van der Waals surface area (Å²) in [5.41, 5.74) is 3.28. The highest BCUT2D eigenvalue weighted by molar-refractivity contribution is 5.60. The predicted octanol–water partition coefficient (Wildman–Crippen LogP) is 2.36. The average Bonchev–Trinajstić information content (AvgIpc) is 2.82. The van der Waals surface area contributed by atoms with E-state index >= 15 is 0 Å². The summed E-state index contributed by atoms with van der Waals surface area (Å²) in [6.07, 6.45) is 3.84. The van der Waals surface area contributed by atoms with Gasteiger partial charge in [-0.3, -0.25) is 4.68 Å². The van der Waals surface area contributed by atoms with E-state index in [1.165, 1.54) is 0 Å². The molecule has 1 aromatic carbocycles. The molecule has 0 aliphatic heterocycles. The Hall–Kier alpha value is -2.17. The molecule has 2 rings (SSSR count). The summed E-state index contributed by atoms with van der Waals surface area (Å²) < 4.78 is 12.4. The monoisotopic (exact) mass is 261 g/mol. The molecule has 0 spiro atoms. The third-order valence-corrected chi connectivity index (χ3v) is 2.97. The number of ether oxygens (including phenoxy) is 2. The van der Waals surface area contributed by atoms with Gasteiger partial charge in [-0.2, -0.15) is 5.10 Å². The Labute approximate surface area is 113 Å². The fourth-order valence-corrected chi connectivity index (χ4v) is 1.93. The quantitative estimate of drug-likeness (QED) is 0.897. The van der Waals surface area contributed by atoms with Crippen molar-refractivity contribution in [2.45, 2.75) is 13.5 Å². The summed E-state index contributed by atoms with van der Waals surface area (Å²) in [6, 6.07) is 3.91. The smallest absolute Gasteiger partial charge is 0.162 e. The van der Waals surface area contributed by atoms with E-state index in [9.17, 15) is 0 Å². The van der Waals surface area contributed by atoms with Crippen LogP contribution in [0.5, 0.6) is 11.5 Å². The standard InChI is InChI=1S/C14H19N3O2/c1-10-5-13(18-3)14(19-4)6-12(10)15-7-11-8-16-17(2)9-11/h5-6,8-9,15H,7H2,1-4H3. The zero-order valence-electron chi connectivity index (χ0n) is 11.7. The first-order chi connectivity index (χ1) is 9.13. The van der Waals surface area contributed by atoms with Crippen molar-refractivity contribution in [2.75, 3.05) is 19.5 Å². The molecule has 0 fully saturated rings. The lowest BCUT2D eigenvalue weighted by molar-refractivity contribution is 0.355. The van der Waals surface area contributed by atoms with Crippen molar-refractivity contribution in [2.24, 2.45) is 7.05 Å². The predicted molar refractivity (Wildman–Crippen MR) is 74.8 cm³/mol. The fraction of sp³-hybridized carbons (Fsp3) is 0.357. The minimum atomic E-state index is 0.724. The van der Waals surface area contributed by atoms with Crippen molar-refractivity contribution >= 4 is 5.69 Å². The van der Waals surface area contributed by atoms with Crippen molar-refractivity contribution in [1.29, 1.82) is 0 Å². The molecule has 0 amide bonds. The molecule has 19 heavy (non-hydrogen) atoms. The van der Waals surface area contributed by atoms with Gasteiger partial charge in [0.2, 0.25) is 0 Å². The second kappa shape index (κ2) is 5.65. The summed E-state index contributed by atoms with van der Waals surface area (Å²) in [5.74, 6) is 1.47. The molecule has 1 aromatic heterocycles. The van der Waals surface area contributed by atoms with Gasteiger partial charge in [-0.25, -0.2) is 0 Å². The number of nitrogens with one attached hydrogen (secondary N) is 1. The molecule has 0 unspecified atom stereocenters. The maximum atomic E-state index is 5.31. The van der Waals surface area contributed by atoms with Gasteiger partial charge in [0.05, 0.1) is 20.4 Å².